The van der Waals surface area contributed by atoms with Gasteiger partial charge in [0.1, 0.15) is 17.2 Å². The van der Waals surface area contributed by atoms with Gasteiger partial charge in [-0.3, -0.25) is 0 Å². The van der Waals surface area contributed by atoms with Crippen LogP contribution in [0, 0.1) is 6.92 Å². The molecule has 1 N–H and O–H groups in total. The molecule has 0 amide bonds. The van der Waals surface area contributed by atoms with Crippen LogP contribution in [0.1, 0.15) is 16.1 Å². The molecule has 0 spiro atoms. The van der Waals surface area contributed by atoms with Crippen molar-refractivity contribution >= 4 is 5.97 Å². The summed E-state index contributed by atoms with van der Waals surface area (Å²) >= 11 is 0. The second-order valence-electron chi connectivity index (χ2n) is 3.90. The number of carbonyl (C=O) groups is 1. The molecule has 0 unspecified atom stereocenters. The largest absolute Gasteiger partial charge is 0.496 e. The Morgan fingerprint density at radius 1 is 1.21 bits per heavy atom. The Hall–Kier alpha value is -2.50. The van der Waals surface area contributed by atoms with Gasteiger partial charge in [-0.05, 0) is 24.6 Å². The maximum atomic E-state index is 10.8. The van der Waals surface area contributed by atoms with Crippen LogP contribution in [0.3, 0.4) is 0 Å². The molecule has 6 nitrogen and oxygen atoms in total. The minimum absolute atomic E-state index is 0.225. The van der Waals surface area contributed by atoms with Crippen molar-refractivity contribution in [3.8, 4) is 22.8 Å². The van der Waals surface area contributed by atoms with Crippen LogP contribution in [0.5, 0.6) is 11.5 Å². The van der Waals surface area contributed by atoms with Crippen LogP contribution in [0.4, 0.5) is 0 Å². The molecule has 1 heterocycles. The highest BCUT2D eigenvalue weighted by atomic mass is 16.5. The van der Waals surface area contributed by atoms with Crippen LogP contribution in [0.15, 0.2) is 22.7 Å². The Labute approximate surface area is 109 Å². The molecule has 19 heavy (non-hydrogen) atoms. The first-order valence-electron chi connectivity index (χ1n) is 5.49. The summed E-state index contributed by atoms with van der Waals surface area (Å²) in [5.41, 5.74) is 1.90. The van der Waals surface area contributed by atoms with E-state index in [1.807, 2.05) is 6.92 Å². The van der Waals surface area contributed by atoms with Crippen molar-refractivity contribution in [3.05, 3.63) is 29.5 Å². The molecule has 1 aromatic carbocycles. The molecule has 0 aliphatic rings. The summed E-state index contributed by atoms with van der Waals surface area (Å²) in [5.74, 6) is -0.160. The molecule has 0 fully saturated rings. The van der Waals surface area contributed by atoms with Gasteiger partial charge in [0.2, 0.25) is 5.76 Å². The molecule has 100 valence electrons. The van der Waals surface area contributed by atoms with E-state index in [2.05, 4.69) is 5.16 Å². The third kappa shape index (κ3) is 2.37. The van der Waals surface area contributed by atoms with Gasteiger partial charge in [0.15, 0.2) is 0 Å². The minimum Gasteiger partial charge on any atom is -0.496 e. The highest BCUT2D eigenvalue weighted by Crippen LogP contribution is 2.35. The quantitative estimate of drug-likeness (QED) is 0.911. The van der Waals surface area contributed by atoms with E-state index in [9.17, 15) is 4.79 Å². The molecule has 0 bridgehead atoms. The molecule has 0 saturated carbocycles. The predicted molar refractivity (Wildman–Crippen MR) is 66.7 cm³/mol. The van der Waals surface area contributed by atoms with E-state index in [1.54, 1.807) is 19.2 Å². The fourth-order valence-corrected chi connectivity index (χ4v) is 1.75. The van der Waals surface area contributed by atoms with Gasteiger partial charge in [-0.1, -0.05) is 5.16 Å². The summed E-state index contributed by atoms with van der Waals surface area (Å²) in [6.07, 6.45) is 0. The summed E-state index contributed by atoms with van der Waals surface area (Å²) in [4.78, 5) is 10.8. The smallest absolute Gasteiger partial charge is 0.374 e. The fraction of sp³-hybridized carbons (Fsp3) is 0.231. The Bertz CT molecular complexity index is 617. The zero-order valence-electron chi connectivity index (χ0n) is 10.8. The number of carboxylic acid groups (broad SMARTS) is 1. The van der Waals surface area contributed by atoms with E-state index in [-0.39, 0.29) is 5.76 Å². The van der Waals surface area contributed by atoms with Gasteiger partial charge in [-0.15, -0.1) is 0 Å². The Kier molecular flexibility index (Phi) is 3.41. The SMILES string of the molecule is COc1cc(-c2cc(C(=O)O)on2)c(OC)cc1C. The summed E-state index contributed by atoms with van der Waals surface area (Å²) in [6, 6.07) is 4.87. The number of aromatic carboxylic acids is 1. The maximum absolute atomic E-state index is 10.8. The lowest BCUT2D eigenvalue weighted by Crippen LogP contribution is -1.94. The molecule has 2 aromatic rings. The molecule has 0 aliphatic carbocycles. The number of hydrogen-bond acceptors (Lipinski definition) is 5. The molecule has 0 saturated heterocycles. The zero-order valence-corrected chi connectivity index (χ0v) is 10.8. The van der Waals surface area contributed by atoms with Crippen LogP contribution in [0.2, 0.25) is 0 Å². The molecular formula is C13H13NO5. The summed E-state index contributed by atoms with van der Waals surface area (Å²) in [6.45, 7) is 1.89. The van der Waals surface area contributed by atoms with E-state index >= 15 is 0 Å². The monoisotopic (exact) mass is 263 g/mol. The second-order valence-corrected chi connectivity index (χ2v) is 3.90. The molecule has 2 rings (SSSR count). The van der Waals surface area contributed by atoms with Crippen molar-refractivity contribution in [1.82, 2.24) is 5.16 Å². The molecule has 6 heteroatoms. The summed E-state index contributed by atoms with van der Waals surface area (Å²) in [5, 5.41) is 12.6. The average molecular weight is 263 g/mol. The van der Waals surface area contributed by atoms with Crippen molar-refractivity contribution < 1.29 is 23.9 Å². The molecule has 0 radical (unpaired) electrons. The van der Waals surface area contributed by atoms with Crippen molar-refractivity contribution in [2.75, 3.05) is 14.2 Å². The molecular weight excluding hydrogens is 250 g/mol. The Morgan fingerprint density at radius 2 is 1.89 bits per heavy atom. The average Bonchev–Trinajstić information content (AvgIpc) is 2.88. The van der Waals surface area contributed by atoms with Crippen molar-refractivity contribution in [2.24, 2.45) is 0 Å². The van der Waals surface area contributed by atoms with Crippen LogP contribution in [0.25, 0.3) is 11.3 Å². The van der Waals surface area contributed by atoms with Gasteiger partial charge < -0.3 is 19.1 Å². The number of nitrogens with zero attached hydrogens (tertiary/aromatic N) is 1. The highest BCUT2D eigenvalue weighted by Gasteiger charge is 2.17. The van der Waals surface area contributed by atoms with Gasteiger partial charge in [0.25, 0.3) is 0 Å². The number of ether oxygens (including phenoxy) is 2. The standard InChI is InChI=1S/C13H13NO5/c1-7-4-11(18-3)8(5-10(7)17-2)9-6-12(13(15)16)19-14-9/h4-6H,1-3H3,(H,15,16). The Morgan fingerprint density at radius 3 is 2.42 bits per heavy atom. The van der Waals surface area contributed by atoms with Gasteiger partial charge in [-0.25, -0.2) is 4.79 Å². The van der Waals surface area contributed by atoms with Crippen LogP contribution in [-0.4, -0.2) is 30.5 Å². The third-order valence-corrected chi connectivity index (χ3v) is 2.71. The number of aromatic nitrogens is 1. The van der Waals surface area contributed by atoms with Crippen LogP contribution >= 0.6 is 0 Å². The normalized spacial score (nSPS) is 10.3. The first kappa shape index (κ1) is 12.9. The van der Waals surface area contributed by atoms with Gasteiger partial charge in [0.05, 0.1) is 14.2 Å². The lowest BCUT2D eigenvalue weighted by Gasteiger charge is -2.11. The van der Waals surface area contributed by atoms with E-state index in [0.29, 0.717) is 22.8 Å². The molecule has 0 aliphatic heterocycles. The summed E-state index contributed by atoms with van der Waals surface area (Å²) < 4.78 is 15.2. The number of carboxylic acids is 1. The van der Waals surface area contributed by atoms with Crippen molar-refractivity contribution in [1.29, 1.82) is 0 Å². The van der Waals surface area contributed by atoms with Gasteiger partial charge >= 0.3 is 5.97 Å². The van der Waals surface area contributed by atoms with Crippen molar-refractivity contribution in [3.63, 3.8) is 0 Å². The predicted octanol–water partition coefficient (Wildman–Crippen LogP) is 2.37. The zero-order chi connectivity index (χ0) is 14.0. The number of aryl methyl sites for hydroxylation is 1. The maximum Gasteiger partial charge on any atom is 0.374 e. The first-order valence-corrected chi connectivity index (χ1v) is 5.49. The second kappa shape index (κ2) is 5.01. The number of rotatable bonds is 4. The van der Waals surface area contributed by atoms with Crippen LogP contribution in [-0.2, 0) is 0 Å². The lowest BCUT2D eigenvalue weighted by atomic mass is 10.1. The lowest BCUT2D eigenvalue weighted by molar-refractivity contribution is 0.0652. The van der Waals surface area contributed by atoms with E-state index in [0.717, 1.165) is 5.56 Å². The van der Waals surface area contributed by atoms with Gasteiger partial charge in [0, 0.05) is 11.6 Å². The van der Waals surface area contributed by atoms with Crippen LogP contribution < -0.4 is 9.47 Å². The topological polar surface area (TPSA) is 81.8 Å². The number of benzene rings is 1. The Balaban J connectivity index is 2.55. The fourth-order valence-electron chi connectivity index (χ4n) is 1.75. The third-order valence-electron chi connectivity index (χ3n) is 2.71. The van der Waals surface area contributed by atoms with E-state index in [1.165, 1.54) is 13.2 Å². The molecule has 1 aromatic heterocycles. The van der Waals surface area contributed by atoms with E-state index in [4.69, 9.17) is 19.1 Å². The van der Waals surface area contributed by atoms with E-state index < -0.39 is 5.97 Å². The van der Waals surface area contributed by atoms with Gasteiger partial charge in [-0.2, -0.15) is 0 Å². The minimum atomic E-state index is -1.17. The first-order chi connectivity index (χ1) is 9.06. The number of hydrogen-bond donors (Lipinski definition) is 1. The number of methoxy groups -OCH3 is 2. The van der Waals surface area contributed by atoms with Crippen molar-refractivity contribution in [2.45, 2.75) is 6.92 Å². The molecule has 0 atom stereocenters. The summed E-state index contributed by atoms with van der Waals surface area (Å²) in [7, 11) is 3.09. The highest BCUT2D eigenvalue weighted by molar-refractivity contribution is 5.86.